The zero-order valence-corrected chi connectivity index (χ0v) is 13.3. The molecule has 110 valence electrons. The molecule has 2 nitrogen and oxygen atoms in total. The van der Waals surface area contributed by atoms with Gasteiger partial charge in [0.1, 0.15) is 10.7 Å². The third-order valence-corrected chi connectivity index (χ3v) is 3.71. The number of hydrogen-bond donors (Lipinski definition) is 1. The zero-order valence-electron chi connectivity index (χ0n) is 11.7. The minimum Gasteiger partial charge on any atom is -0.494 e. The highest BCUT2D eigenvalue weighted by atomic mass is 35.5. The molecule has 0 aliphatic carbocycles. The van der Waals surface area contributed by atoms with E-state index in [-0.39, 0.29) is 0 Å². The number of aryl methyl sites for hydroxylation is 1. The molecule has 0 heterocycles. The third-order valence-electron chi connectivity index (χ3n) is 3.18. The van der Waals surface area contributed by atoms with E-state index in [0.29, 0.717) is 22.2 Å². The monoisotopic (exact) mass is 319 g/mol. The van der Waals surface area contributed by atoms with E-state index >= 15 is 0 Å². The number of thiocarbonyl (C=S) groups is 1. The van der Waals surface area contributed by atoms with Gasteiger partial charge >= 0.3 is 0 Å². The molecule has 0 saturated carbocycles. The SMILES string of the molecule is NC(=S)c1ccc(OCCCCc2ccccc2)cc1Cl. The fraction of sp³-hybridized carbons (Fsp3) is 0.235. The quantitative estimate of drug-likeness (QED) is 0.607. The summed E-state index contributed by atoms with van der Waals surface area (Å²) >= 11 is 11.0. The normalized spacial score (nSPS) is 10.3. The standard InChI is InChI=1S/C17H18ClNOS/c18-16-12-14(9-10-15(16)17(19)21)20-11-5-4-8-13-6-2-1-3-7-13/h1-3,6-7,9-10,12H,4-5,8,11H2,(H2,19,21). The molecule has 0 radical (unpaired) electrons. The number of rotatable bonds is 7. The van der Waals surface area contributed by atoms with E-state index in [1.807, 2.05) is 12.1 Å². The Morgan fingerprint density at radius 3 is 2.52 bits per heavy atom. The number of halogens is 1. The lowest BCUT2D eigenvalue weighted by Crippen LogP contribution is -2.10. The van der Waals surface area contributed by atoms with Gasteiger partial charge in [0.15, 0.2) is 0 Å². The van der Waals surface area contributed by atoms with Crippen LogP contribution in [0.5, 0.6) is 5.75 Å². The number of nitrogens with two attached hydrogens (primary N) is 1. The van der Waals surface area contributed by atoms with E-state index < -0.39 is 0 Å². The summed E-state index contributed by atoms with van der Waals surface area (Å²) in [6.45, 7) is 0.676. The summed E-state index contributed by atoms with van der Waals surface area (Å²) in [4.78, 5) is 0.300. The van der Waals surface area contributed by atoms with E-state index in [0.717, 1.165) is 25.0 Å². The van der Waals surface area contributed by atoms with E-state index in [4.69, 9.17) is 34.3 Å². The van der Waals surface area contributed by atoms with Crippen molar-refractivity contribution in [1.29, 1.82) is 0 Å². The van der Waals surface area contributed by atoms with Gasteiger partial charge in [-0.2, -0.15) is 0 Å². The minimum absolute atomic E-state index is 0.300. The second-order valence-corrected chi connectivity index (χ2v) is 5.64. The predicted octanol–water partition coefficient (Wildman–Crippen LogP) is 4.38. The predicted molar refractivity (Wildman–Crippen MR) is 92.2 cm³/mol. The van der Waals surface area contributed by atoms with Crippen LogP contribution in [-0.2, 0) is 6.42 Å². The van der Waals surface area contributed by atoms with Gasteiger partial charge in [-0.15, -0.1) is 0 Å². The molecule has 0 unspecified atom stereocenters. The molecule has 2 rings (SSSR count). The van der Waals surface area contributed by atoms with Gasteiger partial charge in [0, 0.05) is 5.56 Å². The van der Waals surface area contributed by atoms with Crippen molar-refractivity contribution in [2.24, 2.45) is 5.73 Å². The Hall–Kier alpha value is -1.58. The number of ether oxygens (including phenoxy) is 1. The zero-order chi connectivity index (χ0) is 15.1. The highest BCUT2D eigenvalue weighted by molar-refractivity contribution is 7.80. The summed E-state index contributed by atoms with van der Waals surface area (Å²) in [5.41, 5.74) is 7.61. The van der Waals surface area contributed by atoms with Gasteiger partial charge in [-0.25, -0.2) is 0 Å². The Kier molecular flexibility index (Phi) is 6.03. The fourth-order valence-electron chi connectivity index (χ4n) is 2.05. The molecular weight excluding hydrogens is 302 g/mol. The topological polar surface area (TPSA) is 35.2 Å². The summed E-state index contributed by atoms with van der Waals surface area (Å²) in [6.07, 6.45) is 3.18. The maximum atomic E-state index is 6.10. The lowest BCUT2D eigenvalue weighted by molar-refractivity contribution is 0.307. The average molecular weight is 320 g/mol. The number of unbranched alkanes of at least 4 members (excludes halogenated alkanes) is 1. The summed E-state index contributed by atoms with van der Waals surface area (Å²) in [5.74, 6) is 0.750. The number of benzene rings is 2. The largest absolute Gasteiger partial charge is 0.494 e. The molecule has 0 amide bonds. The van der Waals surface area contributed by atoms with Crippen LogP contribution in [-0.4, -0.2) is 11.6 Å². The van der Waals surface area contributed by atoms with Crippen molar-refractivity contribution < 1.29 is 4.74 Å². The number of hydrogen-bond acceptors (Lipinski definition) is 2. The van der Waals surface area contributed by atoms with Gasteiger partial charge in [-0.1, -0.05) is 54.2 Å². The van der Waals surface area contributed by atoms with Gasteiger partial charge in [-0.3, -0.25) is 0 Å². The van der Waals surface area contributed by atoms with Crippen LogP contribution < -0.4 is 10.5 Å². The van der Waals surface area contributed by atoms with Crippen LogP contribution >= 0.6 is 23.8 Å². The van der Waals surface area contributed by atoms with Crippen LogP contribution in [0.25, 0.3) is 0 Å². The van der Waals surface area contributed by atoms with Crippen molar-refractivity contribution >= 4 is 28.8 Å². The first-order valence-corrected chi connectivity index (χ1v) is 7.71. The Labute approximate surface area is 135 Å². The fourth-order valence-corrected chi connectivity index (χ4v) is 2.56. The van der Waals surface area contributed by atoms with Crippen LogP contribution in [0, 0.1) is 0 Å². The smallest absolute Gasteiger partial charge is 0.120 e. The van der Waals surface area contributed by atoms with Gasteiger partial charge in [0.2, 0.25) is 0 Å². The van der Waals surface area contributed by atoms with Crippen LogP contribution in [0.3, 0.4) is 0 Å². The molecule has 2 N–H and O–H groups in total. The lowest BCUT2D eigenvalue weighted by Gasteiger charge is -2.08. The van der Waals surface area contributed by atoms with E-state index in [2.05, 4.69) is 24.3 Å². The second-order valence-electron chi connectivity index (χ2n) is 4.80. The third kappa shape index (κ3) is 5.03. The minimum atomic E-state index is 0.300. The second kappa shape index (κ2) is 8.01. The van der Waals surface area contributed by atoms with Gasteiger partial charge in [-0.05, 0) is 43.0 Å². The van der Waals surface area contributed by atoms with Gasteiger partial charge in [0.05, 0.1) is 11.6 Å². The van der Waals surface area contributed by atoms with Crippen LogP contribution in [0.1, 0.15) is 24.0 Å². The maximum absolute atomic E-state index is 6.10. The molecule has 0 fully saturated rings. The summed E-state index contributed by atoms with van der Waals surface area (Å²) < 4.78 is 5.69. The Bertz CT molecular complexity index is 601. The van der Waals surface area contributed by atoms with Crippen molar-refractivity contribution in [2.45, 2.75) is 19.3 Å². The molecule has 0 spiro atoms. The van der Waals surface area contributed by atoms with Crippen molar-refractivity contribution in [3.63, 3.8) is 0 Å². The average Bonchev–Trinajstić information content (AvgIpc) is 2.47. The van der Waals surface area contributed by atoms with Gasteiger partial charge in [0.25, 0.3) is 0 Å². The highest BCUT2D eigenvalue weighted by Gasteiger charge is 2.04. The maximum Gasteiger partial charge on any atom is 0.120 e. The van der Waals surface area contributed by atoms with Crippen LogP contribution in [0.15, 0.2) is 48.5 Å². The highest BCUT2D eigenvalue weighted by Crippen LogP contribution is 2.22. The van der Waals surface area contributed by atoms with E-state index in [1.54, 1.807) is 12.1 Å². The van der Waals surface area contributed by atoms with Crippen molar-refractivity contribution in [1.82, 2.24) is 0 Å². The molecule has 0 aliphatic heterocycles. The Morgan fingerprint density at radius 1 is 1.10 bits per heavy atom. The van der Waals surface area contributed by atoms with Crippen LogP contribution in [0.4, 0.5) is 0 Å². The Morgan fingerprint density at radius 2 is 1.86 bits per heavy atom. The van der Waals surface area contributed by atoms with Crippen molar-refractivity contribution in [3.8, 4) is 5.75 Å². The van der Waals surface area contributed by atoms with Crippen molar-refractivity contribution in [3.05, 3.63) is 64.7 Å². The molecule has 0 aliphatic rings. The summed E-state index contributed by atoms with van der Waals surface area (Å²) in [7, 11) is 0. The van der Waals surface area contributed by atoms with E-state index in [9.17, 15) is 0 Å². The van der Waals surface area contributed by atoms with E-state index in [1.165, 1.54) is 5.56 Å². The summed E-state index contributed by atoms with van der Waals surface area (Å²) in [5, 5.41) is 0.532. The molecule has 0 saturated heterocycles. The molecule has 0 atom stereocenters. The molecule has 0 aromatic heterocycles. The molecular formula is C17H18ClNOS. The first-order chi connectivity index (χ1) is 10.2. The Balaban J connectivity index is 1.74. The lowest BCUT2D eigenvalue weighted by atomic mass is 10.1. The molecule has 2 aromatic carbocycles. The molecule has 4 heteroatoms. The molecule has 0 bridgehead atoms. The molecule has 2 aromatic rings. The summed E-state index contributed by atoms with van der Waals surface area (Å²) in [6, 6.07) is 15.9. The first kappa shape index (κ1) is 15.8. The van der Waals surface area contributed by atoms with Crippen LogP contribution in [0.2, 0.25) is 5.02 Å². The van der Waals surface area contributed by atoms with Gasteiger partial charge < -0.3 is 10.5 Å². The first-order valence-electron chi connectivity index (χ1n) is 6.93. The molecule has 21 heavy (non-hydrogen) atoms. The van der Waals surface area contributed by atoms with Crippen molar-refractivity contribution in [2.75, 3.05) is 6.61 Å².